The van der Waals surface area contributed by atoms with Gasteiger partial charge in [0.1, 0.15) is 0 Å². The summed E-state index contributed by atoms with van der Waals surface area (Å²) in [6.07, 6.45) is 4.68. The lowest BCUT2D eigenvalue weighted by atomic mass is 9.77. The Hall–Kier alpha value is -0.810. The Balaban J connectivity index is 1.90. The van der Waals surface area contributed by atoms with E-state index in [1.165, 1.54) is 0 Å². The van der Waals surface area contributed by atoms with Crippen molar-refractivity contribution in [3.8, 4) is 0 Å². The fraction of sp³-hybridized carbons (Fsp3) is 0.944. The Morgan fingerprint density at radius 2 is 1.70 bits per heavy atom. The predicted octanol–water partition coefficient (Wildman–Crippen LogP) is 2.49. The van der Waals surface area contributed by atoms with Gasteiger partial charge in [0.05, 0.1) is 0 Å². The van der Waals surface area contributed by atoms with Crippen molar-refractivity contribution in [2.75, 3.05) is 19.7 Å². The van der Waals surface area contributed by atoms with E-state index in [0.717, 1.165) is 45.2 Å². The number of urea groups is 1. The van der Waals surface area contributed by atoms with E-state index in [0.29, 0.717) is 0 Å². The first-order chi connectivity index (χ1) is 10.6. The standard InChI is InChI=1S/C18H35N3O2/c1-6-18(13-22)7-9-21(10-8-18)15(23)19-14-11-16(2,3)20-17(4,5)12-14/h14,20,22H,6-13H2,1-5H3,(H,19,23). The number of rotatable bonds is 3. The average molecular weight is 325 g/mol. The van der Waals surface area contributed by atoms with Crippen LogP contribution in [-0.2, 0) is 0 Å². The second-order valence-electron chi connectivity index (χ2n) is 8.95. The molecule has 0 aromatic carbocycles. The van der Waals surface area contributed by atoms with Crippen molar-refractivity contribution < 1.29 is 9.90 Å². The summed E-state index contributed by atoms with van der Waals surface area (Å²) in [5.74, 6) is 0. The molecule has 23 heavy (non-hydrogen) atoms. The maximum absolute atomic E-state index is 12.6. The van der Waals surface area contributed by atoms with Crippen LogP contribution in [-0.4, -0.2) is 52.9 Å². The van der Waals surface area contributed by atoms with Gasteiger partial charge >= 0.3 is 6.03 Å². The van der Waals surface area contributed by atoms with Crippen molar-refractivity contribution in [2.45, 2.75) is 83.8 Å². The quantitative estimate of drug-likeness (QED) is 0.747. The molecule has 2 aliphatic rings. The largest absolute Gasteiger partial charge is 0.396 e. The van der Waals surface area contributed by atoms with Gasteiger partial charge in [-0.15, -0.1) is 0 Å². The molecule has 0 aromatic heterocycles. The summed E-state index contributed by atoms with van der Waals surface area (Å²) in [6.45, 7) is 12.7. The highest BCUT2D eigenvalue weighted by molar-refractivity contribution is 5.74. The summed E-state index contributed by atoms with van der Waals surface area (Å²) in [5.41, 5.74) is 0.0984. The van der Waals surface area contributed by atoms with Crippen LogP contribution in [0.5, 0.6) is 0 Å². The molecule has 0 aliphatic carbocycles. The van der Waals surface area contributed by atoms with Crippen LogP contribution in [0.4, 0.5) is 4.79 Å². The van der Waals surface area contributed by atoms with Crippen LogP contribution in [0.2, 0.25) is 0 Å². The number of nitrogens with one attached hydrogen (secondary N) is 2. The molecule has 134 valence electrons. The van der Waals surface area contributed by atoms with Gasteiger partial charge in [0.2, 0.25) is 0 Å². The number of hydrogen-bond acceptors (Lipinski definition) is 3. The van der Waals surface area contributed by atoms with E-state index in [1.807, 2.05) is 4.90 Å². The van der Waals surface area contributed by atoms with E-state index in [2.05, 4.69) is 45.3 Å². The van der Waals surface area contributed by atoms with E-state index < -0.39 is 0 Å². The molecule has 0 saturated carbocycles. The monoisotopic (exact) mass is 325 g/mol. The molecule has 2 aliphatic heterocycles. The van der Waals surface area contributed by atoms with Crippen LogP contribution in [0.3, 0.4) is 0 Å². The zero-order valence-corrected chi connectivity index (χ0v) is 15.5. The lowest BCUT2D eigenvalue weighted by Crippen LogP contribution is -2.63. The maximum Gasteiger partial charge on any atom is 0.317 e. The van der Waals surface area contributed by atoms with E-state index >= 15 is 0 Å². The van der Waals surface area contributed by atoms with Crippen molar-refractivity contribution in [2.24, 2.45) is 5.41 Å². The Kier molecular flexibility index (Phi) is 5.31. The summed E-state index contributed by atoms with van der Waals surface area (Å²) in [7, 11) is 0. The summed E-state index contributed by atoms with van der Waals surface area (Å²) in [6, 6.07) is 0.274. The molecule has 0 atom stereocenters. The van der Waals surface area contributed by atoms with Crippen molar-refractivity contribution in [3.63, 3.8) is 0 Å². The van der Waals surface area contributed by atoms with Crippen LogP contribution >= 0.6 is 0 Å². The minimum atomic E-state index is 0.0233. The molecule has 0 aromatic rings. The fourth-order valence-corrected chi connectivity index (χ4v) is 4.50. The lowest BCUT2D eigenvalue weighted by Gasteiger charge is -2.47. The van der Waals surface area contributed by atoms with Gasteiger partial charge in [0, 0.05) is 36.8 Å². The third-order valence-electron chi connectivity index (χ3n) is 5.71. The maximum atomic E-state index is 12.6. The van der Waals surface area contributed by atoms with Gasteiger partial charge in [-0.1, -0.05) is 6.92 Å². The van der Waals surface area contributed by atoms with Crippen LogP contribution in [0.25, 0.3) is 0 Å². The molecule has 5 heteroatoms. The molecule has 2 rings (SSSR count). The minimum Gasteiger partial charge on any atom is -0.396 e. The second-order valence-corrected chi connectivity index (χ2v) is 8.95. The van der Waals surface area contributed by atoms with Crippen LogP contribution in [0.1, 0.15) is 66.7 Å². The Labute approximate surface area is 141 Å². The Morgan fingerprint density at radius 3 is 2.13 bits per heavy atom. The molecule has 5 nitrogen and oxygen atoms in total. The third kappa shape index (κ3) is 4.60. The SMILES string of the molecule is CCC1(CO)CCN(C(=O)NC2CC(C)(C)NC(C)(C)C2)CC1. The first kappa shape index (κ1) is 18.5. The van der Waals surface area contributed by atoms with Crippen molar-refractivity contribution in [1.82, 2.24) is 15.5 Å². The summed E-state index contributed by atoms with van der Waals surface area (Å²) in [4.78, 5) is 14.5. The number of carbonyl (C=O) groups excluding carboxylic acids is 1. The number of amides is 2. The molecule has 0 radical (unpaired) electrons. The molecule has 2 saturated heterocycles. The molecular weight excluding hydrogens is 290 g/mol. The summed E-state index contributed by atoms with van der Waals surface area (Å²) >= 11 is 0. The number of aliphatic hydroxyl groups excluding tert-OH is 1. The molecule has 0 unspecified atom stereocenters. The van der Waals surface area contributed by atoms with Crippen molar-refractivity contribution in [1.29, 1.82) is 0 Å². The molecule has 2 fully saturated rings. The van der Waals surface area contributed by atoms with E-state index in [-0.39, 0.29) is 35.2 Å². The van der Waals surface area contributed by atoms with Gasteiger partial charge in [-0.2, -0.15) is 0 Å². The fourth-order valence-electron chi connectivity index (χ4n) is 4.50. The van der Waals surface area contributed by atoms with Gasteiger partial charge in [-0.25, -0.2) is 4.79 Å². The zero-order valence-electron chi connectivity index (χ0n) is 15.5. The van der Waals surface area contributed by atoms with Gasteiger partial charge in [-0.3, -0.25) is 0 Å². The minimum absolute atomic E-state index is 0.0233. The number of carbonyl (C=O) groups is 1. The number of piperidine rings is 2. The molecular formula is C18H35N3O2. The second kappa shape index (κ2) is 6.60. The number of hydrogen-bond donors (Lipinski definition) is 3. The van der Waals surface area contributed by atoms with Crippen LogP contribution < -0.4 is 10.6 Å². The number of aliphatic hydroxyl groups is 1. The van der Waals surface area contributed by atoms with Gasteiger partial charge in [0.25, 0.3) is 0 Å². The smallest absolute Gasteiger partial charge is 0.317 e. The highest BCUT2D eigenvalue weighted by atomic mass is 16.3. The summed E-state index contributed by atoms with van der Waals surface area (Å²) in [5, 5.41) is 16.5. The molecule has 0 bridgehead atoms. The first-order valence-electron chi connectivity index (χ1n) is 9.06. The molecule has 2 heterocycles. The van der Waals surface area contributed by atoms with Gasteiger partial charge < -0.3 is 20.6 Å². The van der Waals surface area contributed by atoms with Crippen molar-refractivity contribution >= 4 is 6.03 Å². The predicted molar refractivity (Wildman–Crippen MR) is 93.5 cm³/mol. The normalized spacial score (nSPS) is 26.8. The molecule has 2 amide bonds. The van der Waals surface area contributed by atoms with Gasteiger partial charge in [-0.05, 0) is 65.2 Å². The topological polar surface area (TPSA) is 64.6 Å². The Morgan fingerprint density at radius 1 is 1.17 bits per heavy atom. The summed E-state index contributed by atoms with van der Waals surface area (Å²) < 4.78 is 0. The molecule has 0 spiro atoms. The lowest BCUT2D eigenvalue weighted by molar-refractivity contribution is 0.0501. The Bertz CT molecular complexity index is 404. The van der Waals surface area contributed by atoms with Crippen LogP contribution in [0, 0.1) is 5.41 Å². The number of nitrogens with zero attached hydrogens (tertiary/aromatic N) is 1. The van der Waals surface area contributed by atoms with Gasteiger partial charge in [0.15, 0.2) is 0 Å². The van der Waals surface area contributed by atoms with Crippen molar-refractivity contribution in [3.05, 3.63) is 0 Å². The van der Waals surface area contributed by atoms with E-state index in [4.69, 9.17) is 0 Å². The molecule has 3 N–H and O–H groups in total. The van der Waals surface area contributed by atoms with E-state index in [9.17, 15) is 9.90 Å². The zero-order chi connectivity index (χ0) is 17.3. The van der Waals surface area contributed by atoms with Crippen LogP contribution in [0.15, 0.2) is 0 Å². The van der Waals surface area contributed by atoms with E-state index in [1.54, 1.807) is 0 Å². The highest BCUT2D eigenvalue weighted by Crippen LogP contribution is 2.34. The highest BCUT2D eigenvalue weighted by Gasteiger charge is 2.39. The first-order valence-corrected chi connectivity index (χ1v) is 9.06. The number of likely N-dealkylation sites (tertiary alicyclic amines) is 1. The third-order valence-corrected chi connectivity index (χ3v) is 5.71. The average Bonchev–Trinajstić information content (AvgIpc) is 2.44.